The molecule has 0 bridgehead atoms. The van der Waals surface area contributed by atoms with E-state index in [1.807, 2.05) is 6.07 Å². The number of benzene rings is 1. The van der Waals surface area contributed by atoms with Crippen LogP contribution in [0.3, 0.4) is 0 Å². The molecule has 1 aromatic carbocycles. The van der Waals surface area contributed by atoms with Crippen molar-refractivity contribution in [2.24, 2.45) is 5.92 Å². The van der Waals surface area contributed by atoms with Gasteiger partial charge < -0.3 is 5.11 Å². The van der Waals surface area contributed by atoms with E-state index >= 15 is 0 Å². The normalized spacial score (nSPS) is 12.6. The van der Waals surface area contributed by atoms with Crippen molar-refractivity contribution in [3.8, 4) is 0 Å². The van der Waals surface area contributed by atoms with Crippen molar-refractivity contribution in [3.63, 3.8) is 0 Å². The minimum absolute atomic E-state index is 0.0861. The van der Waals surface area contributed by atoms with Crippen LogP contribution in [-0.2, 0) is 17.8 Å². The molecular formula is C15H19N3O2. The van der Waals surface area contributed by atoms with Gasteiger partial charge in [-0.3, -0.25) is 4.79 Å². The first-order chi connectivity index (χ1) is 9.58. The first kappa shape index (κ1) is 14.4. The molecule has 106 valence electrons. The molecule has 1 aromatic heterocycles. The van der Waals surface area contributed by atoms with E-state index in [2.05, 4.69) is 23.9 Å². The minimum atomic E-state index is -1.11. The second kappa shape index (κ2) is 6.43. The fourth-order valence-electron chi connectivity index (χ4n) is 2.00. The van der Waals surface area contributed by atoms with Gasteiger partial charge in [-0.15, -0.1) is 0 Å². The van der Waals surface area contributed by atoms with Gasteiger partial charge >= 0.3 is 0 Å². The van der Waals surface area contributed by atoms with Crippen molar-refractivity contribution in [3.05, 3.63) is 48.0 Å². The highest BCUT2D eigenvalue weighted by molar-refractivity contribution is 5.85. The SMILES string of the molecule is CC(C)Cn1ncnc1CC(=O)C(O)c1ccccc1. The Morgan fingerprint density at radius 2 is 2.00 bits per heavy atom. The highest BCUT2D eigenvalue weighted by atomic mass is 16.3. The molecule has 5 nitrogen and oxygen atoms in total. The molecule has 1 heterocycles. The number of aromatic nitrogens is 3. The summed E-state index contributed by atoms with van der Waals surface area (Å²) in [4.78, 5) is 16.2. The van der Waals surface area contributed by atoms with E-state index in [1.165, 1.54) is 6.33 Å². The number of hydrogen-bond donors (Lipinski definition) is 1. The van der Waals surface area contributed by atoms with Crippen LogP contribution in [-0.4, -0.2) is 25.7 Å². The van der Waals surface area contributed by atoms with Crippen molar-refractivity contribution >= 4 is 5.78 Å². The molecule has 1 atom stereocenters. The number of aliphatic hydroxyl groups excluding tert-OH is 1. The third kappa shape index (κ3) is 3.51. The Balaban J connectivity index is 2.07. The van der Waals surface area contributed by atoms with Crippen LogP contribution in [0.15, 0.2) is 36.7 Å². The second-order valence-corrected chi connectivity index (χ2v) is 5.21. The summed E-state index contributed by atoms with van der Waals surface area (Å²) in [5, 5.41) is 14.2. The maximum atomic E-state index is 12.1. The van der Waals surface area contributed by atoms with Crippen molar-refractivity contribution in [2.75, 3.05) is 0 Å². The smallest absolute Gasteiger partial charge is 0.173 e. The summed E-state index contributed by atoms with van der Waals surface area (Å²) in [6, 6.07) is 8.92. The highest BCUT2D eigenvalue weighted by Crippen LogP contribution is 2.15. The molecule has 0 saturated heterocycles. The van der Waals surface area contributed by atoms with Gasteiger partial charge in [0.1, 0.15) is 18.3 Å². The lowest BCUT2D eigenvalue weighted by molar-refractivity contribution is -0.126. The van der Waals surface area contributed by atoms with E-state index in [0.717, 1.165) is 0 Å². The van der Waals surface area contributed by atoms with Gasteiger partial charge in [0.15, 0.2) is 5.78 Å². The third-order valence-corrected chi connectivity index (χ3v) is 2.99. The van der Waals surface area contributed by atoms with E-state index in [-0.39, 0.29) is 12.2 Å². The average molecular weight is 273 g/mol. The number of nitrogens with zero attached hydrogens (tertiary/aromatic N) is 3. The quantitative estimate of drug-likeness (QED) is 0.871. The van der Waals surface area contributed by atoms with Crippen LogP contribution in [0.1, 0.15) is 31.3 Å². The maximum Gasteiger partial charge on any atom is 0.173 e. The standard InChI is InChI=1S/C15H19N3O2/c1-11(2)9-18-14(16-10-17-18)8-13(19)15(20)12-6-4-3-5-7-12/h3-7,10-11,15,20H,8-9H2,1-2H3. The molecule has 20 heavy (non-hydrogen) atoms. The molecule has 0 aliphatic heterocycles. The van der Waals surface area contributed by atoms with Gasteiger partial charge in [-0.1, -0.05) is 44.2 Å². The molecular weight excluding hydrogens is 254 g/mol. The zero-order chi connectivity index (χ0) is 14.5. The van der Waals surface area contributed by atoms with Gasteiger partial charge in [-0.2, -0.15) is 5.10 Å². The molecule has 0 saturated carbocycles. The van der Waals surface area contributed by atoms with E-state index in [1.54, 1.807) is 28.9 Å². The topological polar surface area (TPSA) is 68.0 Å². The summed E-state index contributed by atoms with van der Waals surface area (Å²) < 4.78 is 1.72. The Kier molecular flexibility index (Phi) is 4.63. The second-order valence-electron chi connectivity index (χ2n) is 5.21. The molecule has 1 N–H and O–H groups in total. The van der Waals surface area contributed by atoms with Crippen LogP contribution in [0.25, 0.3) is 0 Å². The van der Waals surface area contributed by atoms with Crippen LogP contribution in [0, 0.1) is 5.92 Å². The third-order valence-electron chi connectivity index (χ3n) is 2.99. The van der Waals surface area contributed by atoms with E-state index in [4.69, 9.17) is 0 Å². The molecule has 2 rings (SSSR count). The lowest BCUT2D eigenvalue weighted by Gasteiger charge is -2.11. The zero-order valence-electron chi connectivity index (χ0n) is 11.7. The van der Waals surface area contributed by atoms with Crippen molar-refractivity contribution in [1.82, 2.24) is 14.8 Å². The van der Waals surface area contributed by atoms with E-state index in [9.17, 15) is 9.90 Å². The summed E-state index contributed by atoms with van der Waals surface area (Å²) in [6.07, 6.45) is 0.420. The van der Waals surface area contributed by atoms with Gasteiger partial charge in [0.05, 0.1) is 6.42 Å². The molecule has 0 amide bonds. The largest absolute Gasteiger partial charge is 0.381 e. The van der Waals surface area contributed by atoms with Gasteiger partial charge in [-0.25, -0.2) is 9.67 Å². The van der Waals surface area contributed by atoms with Crippen LogP contribution >= 0.6 is 0 Å². The Hall–Kier alpha value is -2.01. The lowest BCUT2D eigenvalue weighted by atomic mass is 10.0. The Morgan fingerprint density at radius 3 is 2.65 bits per heavy atom. The minimum Gasteiger partial charge on any atom is -0.381 e. The molecule has 5 heteroatoms. The summed E-state index contributed by atoms with van der Waals surface area (Å²) in [6.45, 7) is 4.86. The Morgan fingerprint density at radius 1 is 1.30 bits per heavy atom. The molecule has 0 radical (unpaired) electrons. The Bertz CT molecular complexity index is 564. The van der Waals surface area contributed by atoms with Gasteiger partial charge in [0.25, 0.3) is 0 Å². The zero-order valence-corrected chi connectivity index (χ0v) is 11.7. The maximum absolute atomic E-state index is 12.1. The van der Waals surface area contributed by atoms with Gasteiger partial charge in [0.2, 0.25) is 0 Å². The van der Waals surface area contributed by atoms with Crippen LogP contribution in [0.5, 0.6) is 0 Å². The number of carbonyl (C=O) groups excluding carboxylic acids is 1. The molecule has 0 spiro atoms. The van der Waals surface area contributed by atoms with Gasteiger partial charge in [0, 0.05) is 6.54 Å². The number of Topliss-reactive ketones (excluding diaryl/α,β-unsaturated/α-hetero) is 1. The number of hydrogen-bond acceptors (Lipinski definition) is 4. The molecule has 1 unspecified atom stereocenters. The number of aliphatic hydroxyl groups is 1. The fraction of sp³-hybridized carbons (Fsp3) is 0.400. The van der Waals surface area contributed by atoms with E-state index in [0.29, 0.717) is 23.9 Å². The number of carbonyl (C=O) groups is 1. The van der Waals surface area contributed by atoms with E-state index < -0.39 is 6.10 Å². The molecule has 2 aromatic rings. The molecule has 0 fully saturated rings. The Labute approximate surface area is 118 Å². The number of ketones is 1. The van der Waals surface area contributed by atoms with Crippen molar-refractivity contribution in [1.29, 1.82) is 0 Å². The number of rotatable bonds is 6. The predicted molar refractivity (Wildman–Crippen MR) is 75.0 cm³/mol. The summed E-state index contributed by atoms with van der Waals surface area (Å²) >= 11 is 0. The van der Waals surface area contributed by atoms with Crippen LogP contribution < -0.4 is 0 Å². The van der Waals surface area contributed by atoms with Crippen LogP contribution in [0.2, 0.25) is 0 Å². The predicted octanol–water partition coefficient (Wildman–Crippen LogP) is 1.78. The first-order valence-corrected chi connectivity index (χ1v) is 6.70. The highest BCUT2D eigenvalue weighted by Gasteiger charge is 2.20. The average Bonchev–Trinajstić information content (AvgIpc) is 2.85. The summed E-state index contributed by atoms with van der Waals surface area (Å²) in [5.74, 6) is 0.748. The fourth-order valence-corrected chi connectivity index (χ4v) is 2.00. The first-order valence-electron chi connectivity index (χ1n) is 6.70. The van der Waals surface area contributed by atoms with Crippen molar-refractivity contribution in [2.45, 2.75) is 32.9 Å². The molecule has 0 aliphatic carbocycles. The van der Waals surface area contributed by atoms with Crippen molar-refractivity contribution < 1.29 is 9.90 Å². The summed E-state index contributed by atoms with van der Waals surface area (Å²) in [7, 11) is 0. The monoisotopic (exact) mass is 273 g/mol. The summed E-state index contributed by atoms with van der Waals surface area (Å²) in [5.41, 5.74) is 0.604. The van der Waals surface area contributed by atoms with Gasteiger partial charge in [-0.05, 0) is 11.5 Å². The lowest BCUT2D eigenvalue weighted by Crippen LogP contribution is -2.19. The molecule has 0 aliphatic rings. The van der Waals surface area contributed by atoms with Crippen LogP contribution in [0.4, 0.5) is 0 Å².